The predicted octanol–water partition coefficient (Wildman–Crippen LogP) is -0.189. The molecule has 0 aromatic carbocycles. The van der Waals surface area contributed by atoms with Crippen LogP contribution in [0.2, 0.25) is 0 Å². The number of nitrogens with one attached hydrogen (secondary N) is 1. The quantitative estimate of drug-likeness (QED) is 0.440. The van der Waals surface area contributed by atoms with Crippen LogP contribution in [0.4, 0.5) is 17.3 Å². The Morgan fingerprint density at radius 3 is 2.84 bits per heavy atom. The number of hydrazine groups is 1. The van der Waals surface area contributed by atoms with Crippen LogP contribution in [0.1, 0.15) is 6.92 Å². The molecule has 0 spiro atoms. The van der Waals surface area contributed by atoms with Crippen molar-refractivity contribution in [2.24, 2.45) is 5.84 Å². The third-order valence-corrected chi connectivity index (χ3v) is 3.38. The summed E-state index contributed by atoms with van der Waals surface area (Å²) in [4.78, 5) is 22.6. The smallest absolute Gasteiger partial charge is 0.348 e. The minimum atomic E-state index is -0.506. The molecular formula is C10H17N7O2. The summed E-state index contributed by atoms with van der Waals surface area (Å²) in [7, 11) is 2.03. The molecule has 3 N–H and O–H groups in total. The van der Waals surface area contributed by atoms with E-state index in [-0.39, 0.29) is 11.5 Å². The second-order valence-corrected chi connectivity index (χ2v) is 4.57. The van der Waals surface area contributed by atoms with E-state index >= 15 is 0 Å². The van der Waals surface area contributed by atoms with Gasteiger partial charge in [0.2, 0.25) is 11.6 Å². The van der Waals surface area contributed by atoms with E-state index < -0.39 is 4.92 Å². The SMILES string of the molecule is CC1CN(c2ncnc(NN)c2[N+](=O)[O-])CCN1C. The van der Waals surface area contributed by atoms with E-state index in [1.165, 1.54) is 6.33 Å². The number of likely N-dealkylation sites (N-methyl/N-ethyl adjacent to an activating group) is 1. The Labute approximate surface area is 110 Å². The van der Waals surface area contributed by atoms with Gasteiger partial charge in [0, 0.05) is 25.7 Å². The zero-order valence-corrected chi connectivity index (χ0v) is 10.9. The number of anilines is 2. The summed E-state index contributed by atoms with van der Waals surface area (Å²) in [5.41, 5.74) is 2.07. The fraction of sp³-hybridized carbons (Fsp3) is 0.600. The highest BCUT2D eigenvalue weighted by Crippen LogP contribution is 2.32. The molecule has 2 heterocycles. The second-order valence-electron chi connectivity index (χ2n) is 4.57. The average molecular weight is 267 g/mol. The number of hydrogen-bond acceptors (Lipinski definition) is 8. The van der Waals surface area contributed by atoms with E-state index in [4.69, 9.17) is 5.84 Å². The van der Waals surface area contributed by atoms with Crippen LogP contribution in [0.25, 0.3) is 0 Å². The van der Waals surface area contributed by atoms with Gasteiger partial charge in [0.15, 0.2) is 0 Å². The van der Waals surface area contributed by atoms with Crippen LogP contribution < -0.4 is 16.2 Å². The molecule has 19 heavy (non-hydrogen) atoms. The van der Waals surface area contributed by atoms with Gasteiger partial charge in [0.05, 0.1) is 4.92 Å². The first-order chi connectivity index (χ1) is 9.04. The molecular weight excluding hydrogens is 250 g/mol. The summed E-state index contributed by atoms with van der Waals surface area (Å²) >= 11 is 0. The highest BCUT2D eigenvalue weighted by atomic mass is 16.6. The third kappa shape index (κ3) is 2.56. The topological polar surface area (TPSA) is 113 Å². The van der Waals surface area contributed by atoms with Crippen LogP contribution in [-0.4, -0.2) is 52.5 Å². The Hall–Kier alpha value is -2.00. The Balaban J connectivity index is 2.37. The zero-order chi connectivity index (χ0) is 14.0. The summed E-state index contributed by atoms with van der Waals surface area (Å²) in [6.45, 7) is 4.26. The van der Waals surface area contributed by atoms with Crippen molar-refractivity contribution in [3.05, 3.63) is 16.4 Å². The lowest BCUT2D eigenvalue weighted by atomic mass is 10.2. The number of nitrogens with zero attached hydrogens (tertiary/aromatic N) is 5. The normalized spacial score (nSPS) is 20.4. The Morgan fingerprint density at radius 1 is 1.53 bits per heavy atom. The van der Waals surface area contributed by atoms with Crippen molar-refractivity contribution in [2.75, 3.05) is 37.0 Å². The fourth-order valence-corrected chi connectivity index (χ4v) is 2.12. The summed E-state index contributed by atoms with van der Waals surface area (Å²) in [6.07, 6.45) is 1.28. The molecule has 0 aliphatic carbocycles. The fourth-order valence-electron chi connectivity index (χ4n) is 2.12. The van der Waals surface area contributed by atoms with Crippen LogP contribution in [0.3, 0.4) is 0 Å². The van der Waals surface area contributed by atoms with Gasteiger partial charge in [-0.15, -0.1) is 0 Å². The molecule has 1 atom stereocenters. The number of nitro groups is 1. The second kappa shape index (κ2) is 5.33. The largest absolute Gasteiger partial charge is 0.354 e. The standard InChI is InChI=1S/C10H17N7O2/c1-7-5-16(4-3-15(7)2)10-8(17(18)19)9(14-11)12-6-13-10/h6-7H,3-5,11H2,1-2H3,(H,12,13,14). The van der Waals surface area contributed by atoms with Crippen LogP contribution in [0.15, 0.2) is 6.33 Å². The minimum absolute atomic E-state index is 0.0292. The molecule has 9 nitrogen and oxygen atoms in total. The van der Waals surface area contributed by atoms with Gasteiger partial charge < -0.3 is 15.2 Å². The van der Waals surface area contributed by atoms with Gasteiger partial charge in [-0.25, -0.2) is 15.8 Å². The molecule has 9 heteroatoms. The van der Waals surface area contributed by atoms with Gasteiger partial charge in [-0.1, -0.05) is 0 Å². The number of nitrogen functional groups attached to an aromatic ring is 1. The van der Waals surface area contributed by atoms with E-state index in [0.717, 1.165) is 6.54 Å². The van der Waals surface area contributed by atoms with E-state index in [0.29, 0.717) is 24.9 Å². The highest BCUT2D eigenvalue weighted by molar-refractivity contribution is 5.70. The number of aromatic nitrogens is 2. The molecule has 0 radical (unpaired) electrons. The Morgan fingerprint density at radius 2 is 2.26 bits per heavy atom. The van der Waals surface area contributed by atoms with Gasteiger partial charge in [-0.05, 0) is 14.0 Å². The maximum absolute atomic E-state index is 11.2. The third-order valence-electron chi connectivity index (χ3n) is 3.38. The molecule has 1 fully saturated rings. The average Bonchev–Trinajstić information content (AvgIpc) is 2.40. The lowest BCUT2D eigenvalue weighted by molar-refractivity contribution is -0.383. The minimum Gasteiger partial charge on any atom is -0.348 e. The van der Waals surface area contributed by atoms with Gasteiger partial charge in [-0.2, -0.15) is 0 Å². The molecule has 1 aliphatic rings. The monoisotopic (exact) mass is 267 g/mol. The van der Waals surface area contributed by atoms with Gasteiger partial charge in [0.1, 0.15) is 6.33 Å². The molecule has 1 saturated heterocycles. The lowest BCUT2D eigenvalue weighted by Crippen LogP contribution is -2.50. The molecule has 0 saturated carbocycles. The maximum atomic E-state index is 11.2. The van der Waals surface area contributed by atoms with Crippen molar-refractivity contribution in [3.8, 4) is 0 Å². The molecule has 1 unspecified atom stereocenters. The first kappa shape index (κ1) is 13.4. The molecule has 1 aromatic rings. The first-order valence-corrected chi connectivity index (χ1v) is 5.95. The van der Waals surface area contributed by atoms with Gasteiger partial charge in [0.25, 0.3) is 0 Å². The molecule has 1 aromatic heterocycles. The summed E-state index contributed by atoms with van der Waals surface area (Å²) < 4.78 is 0. The van der Waals surface area contributed by atoms with E-state index in [1.807, 2.05) is 11.9 Å². The van der Waals surface area contributed by atoms with Crippen LogP contribution in [-0.2, 0) is 0 Å². The molecule has 2 rings (SSSR count). The summed E-state index contributed by atoms with van der Waals surface area (Å²) in [5, 5.41) is 11.2. The first-order valence-electron chi connectivity index (χ1n) is 5.95. The lowest BCUT2D eigenvalue weighted by Gasteiger charge is -2.37. The summed E-state index contributed by atoms with van der Waals surface area (Å²) in [5.74, 6) is 5.61. The highest BCUT2D eigenvalue weighted by Gasteiger charge is 2.30. The number of hydrogen-bond donors (Lipinski definition) is 2. The molecule has 0 bridgehead atoms. The van der Waals surface area contributed by atoms with Crippen molar-refractivity contribution in [2.45, 2.75) is 13.0 Å². The Kier molecular flexibility index (Phi) is 3.76. The van der Waals surface area contributed by atoms with Crippen molar-refractivity contribution in [1.82, 2.24) is 14.9 Å². The predicted molar refractivity (Wildman–Crippen MR) is 70.8 cm³/mol. The number of nitrogens with two attached hydrogens (primary N) is 1. The van der Waals surface area contributed by atoms with E-state index in [9.17, 15) is 10.1 Å². The van der Waals surface area contributed by atoms with Crippen molar-refractivity contribution in [3.63, 3.8) is 0 Å². The van der Waals surface area contributed by atoms with Crippen molar-refractivity contribution < 1.29 is 4.92 Å². The summed E-state index contributed by atoms with van der Waals surface area (Å²) in [6, 6.07) is 0.303. The van der Waals surface area contributed by atoms with Crippen LogP contribution in [0, 0.1) is 10.1 Å². The Bertz CT molecular complexity index is 481. The molecule has 1 aliphatic heterocycles. The van der Waals surface area contributed by atoms with E-state index in [2.05, 4.69) is 27.2 Å². The number of piperazine rings is 1. The van der Waals surface area contributed by atoms with Gasteiger partial charge in [-0.3, -0.25) is 10.1 Å². The number of rotatable bonds is 3. The van der Waals surface area contributed by atoms with Crippen molar-refractivity contribution in [1.29, 1.82) is 0 Å². The molecule has 0 amide bonds. The van der Waals surface area contributed by atoms with Gasteiger partial charge >= 0.3 is 5.69 Å². The van der Waals surface area contributed by atoms with Crippen molar-refractivity contribution >= 4 is 17.3 Å². The van der Waals surface area contributed by atoms with Crippen LogP contribution >= 0.6 is 0 Å². The maximum Gasteiger partial charge on any atom is 0.354 e. The van der Waals surface area contributed by atoms with Crippen LogP contribution in [0.5, 0.6) is 0 Å². The molecule has 104 valence electrons. The van der Waals surface area contributed by atoms with E-state index in [1.54, 1.807) is 0 Å². The zero-order valence-electron chi connectivity index (χ0n) is 10.9.